The van der Waals surface area contributed by atoms with Gasteiger partial charge in [0, 0.05) is 6.42 Å². The van der Waals surface area contributed by atoms with Gasteiger partial charge in [0.25, 0.3) is 0 Å². The Kier molecular flexibility index (Phi) is 7.26. The minimum absolute atomic E-state index is 0.0264. The predicted octanol–water partition coefficient (Wildman–Crippen LogP) is 6.34. The summed E-state index contributed by atoms with van der Waals surface area (Å²) in [4.78, 5) is 11.7. The summed E-state index contributed by atoms with van der Waals surface area (Å²) in [6.45, 7) is 4.68. The molecule has 4 nitrogen and oxygen atoms in total. The smallest absolute Gasteiger partial charge is 0.309 e. The van der Waals surface area contributed by atoms with Crippen LogP contribution in [-0.2, 0) is 16.1 Å². The van der Waals surface area contributed by atoms with Crippen molar-refractivity contribution in [3.8, 4) is 16.9 Å². The van der Waals surface area contributed by atoms with E-state index in [2.05, 4.69) is 19.2 Å². The first-order chi connectivity index (χ1) is 15.9. The van der Waals surface area contributed by atoms with Crippen molar-refractivity contribution in [2.75, 3.05) is 0 Å². The normalized spacial score (nSPS) is 18.6. The first kappa shape index (κ1) is 23.2. The van der Waals surface area contributed by atoms with E-state index in [0.717, 1.165) is 33.6 Å². The average molecular weight is 467 g/mol. The highest BCUT2D eigenvalue weighted by molar-refractivity contribution is 7.07. The van der Waals surface area contributed by atoms with Crippen molar-refractivity contribution in [1.82, 2.24) is 0 Å². The number of thiophene rings is 1. The second-order valence-electron chi connectivity index (χ2n) is 8.54. The first-order valence-electron chi connectivity index (χ1n) is 11.0. The molecule has 0 amide bonds. The number of hydrogen-bond donors (Lipinski definition) is 1. The van der Waals surface area contributed by atoms with E-state index >= 15 is 0 Å². The molecular formula is C27H27FO4S. The second kappa shape index (κ2) is 10.3. The topological polar surface area (TPSA) is 55.8 Å². The van der Waals surface area contributed by atoms with Crippen molar-refractivity contribution >= 4 is 23.4 Å². The van der Waals surface area contributed by atoms with E-state index in [4.69, 9.17) is 9.47 Å². The number of aliphatic hydroxyl groups excluding tert-OH is 1. The van der Waals surface area contributed by atoms with E-state index in [9.17, 15) is 14.3 Å². The van der Waals surface area contributed by atoms with E-state index in [1.54, 1.807) is 23.5 Å². The van der Waals surface area contributed by atoms with Gasteiger partial charge in [-0.2, -0.15) is 11.3 Å². The van der Waals surface area contributed by atoms with Crippen LogP contribution in [-0.4, -0.2) is 23.3 Å². The molecule has 2 heterocycles. The molecule has 1 N–H and O–H groups in total. The van der Waals surface area contributed by atoms with E-state index in [1.165, 1.54) is 12.1 Å². The molecule has 0 bridgehead atoms. The van der Waals surface area contributed by atoms with Gasteiger partial charge in [0.05, 0.1) is 12.5 Å². The molecule has 1 aliphatic rings. The lowest BCUT2D eigenvalue weighted by atomic mass is 9.89. The van der Waals surface area contributed by atoms with Crippen LogP contribution in [0.5, 0.6) is 5.75 Å². The number of benzene rings is 2. The van der Waals surface area contributed by atoms with Gasteiger partial charge in [-0.1, -0.05) is 32.1 Å². The van der Waals surface area contributed by atoms with Crippen molar-refractivity contribution in [3.63, 3.8) is 0 Å². The highest BCUT2D eigenvalue weighted by Crippen LogP contribution is 2.36. The van der Waals surface area contributed by atoms with Gasteiger partial charge in [0.2, 0.25) is 0 Å². The molecule has 4 rings (SSSR count). The lowest BCUT2D eigenvalue weighted by Crippen LogP contribution is -2.31. The van der Waals surface area contributed by atoms with Crippen molar-refractivity contribution in [2.45, 2.75) is 51.4 Å². The van der Waals surface area contributed by atoms with Crippen LogP contribution in [0, 0.1) is 5.82 Å². The molecule has 33 heavy (non-hydrogen) atoms. The number of rotatable bonds is 7. The van der Waals surface area contributed by atoms with Crippen LogP contribution in [0.2, 0.25) is 0 Å². The molecule has 6 heteroatoms. The summed E-state index contributed by atoms with van der Waals surface area (Å²) in [6.07, 6.45) is 2.96. The molecule has 0 spiro atoms. The van der Waals surface area contributed by atoms with Gasteiger partial charge in [-0.25, -0.2) is 4.39 Å². The number of cyclic esters (lactones) is 1. The molecule has 2 aromatic carbocycles. The molecule has 1 fully saturated rings. The van der Waals surface area contributed by atoms with Crippen molar-refractivity contribution in [1.29, 1.82) is 0 Å². The van der Waals surface area contributed by atoms with E-state index in [-0.39, 0.29) is 18.2 Å². The Labute approximate surface area is 197 Å². The number of aliphatic hydroxyl groups is 1. The third kappa shape index (κ3) is 5.89. The quantitative estimate of drug-likeness (QED) is 0.413. The number of esters is 1. The average Bonchev–Trinajstić information content (AvgIpc) is 3.29. The van der Waals surface area contributed by atoms with Gasteiger partial charge in [0.1, 0.15) is 24.3 Å². The largest absolute Gasteiger partial charge is 0.489 e. The summed E-state index contributed by atoms with van der Waals surface area (Å²) in [5, 5.41) is 14.0. The second-order valence-corrected chi connectivity index (χ2v) is 9.32. The number of carbonyl (C=O) groups is 1. The highest BCUT2D eigenvalue weighted by Gasteiger charge is 2.25. The molecule has 1 saturated heterocycles. The van der Waals surface area contributed by atoms with E-state index in [1.807, 2.05) is 35.7 Å². The molecule has 0 aliphatic carbocycles. The number of halogens is 1. The minimum Gasteiger partial charge on any atom is -0.489 e. The van der Waals surface area contributed by atoms with Crippen LogP contribution < -0.4 is 4.74 Å². The fourth-order valence-corrected chi connectivity index (χ4v) is 4.59. The Morgan fingerprint density at radius 1 is 1.24 bits per heavy atom. The van der Waals surface area contributed by atoms with Gasteiger partial charge in [-0.3, -0.25) is 4.79 Å². The zero-order chi connectivity index (χ0) is 23.4. The third-order valence-electron chi connectivity index (χ3n) is 5.62. The summed E-state index contributed by atoms with van der Waals surface area (Å²) in [6, 6.07) is 12.4. The van der Waals surface area contributed by atoms with Gasteiger partial charge < -0.3 is 14.6 Å². The fourth-order valence-electron chi connectivity index (χ4n) is 3.94. The Balaban J connectivity index is 1.74. The van der Waals surface area contributed by atoms with Crippen molar-refractivity contribution in [2.24, 2.45) is 0 Å². The Bertz CT molecular complexity index is 1120. The molecule has 0 saturated carbocycles. The molecule has 1 aliphatic heterocycles. The van der Waals surface area contributed by atoms with Crippen LogP contribution >= 0.6 is 11.3 Å². The third-order valence-corrected chi connectivity index (χ3v) is 6.35. The van der Waals surface area contributed by atoms with Crippen LogP contribution in [0.15, 0.2) is 59.3 Å². The Hall–Kier alpha value is -2.96. The van der Waals surface area contributed by atoms with Crippen molar-refractivity contribution < 1.29 is 23.8 Å². The molecule has 2 atom stereocenters. The highest BCUT2D eigenvalue weighted by atomic mass is 32.1. The summed E-state index contributed by atoms with van der Waals surface area (Å²) >= 11 is 1.63. The van der Waals surface area contributed by atoms with Crippen LogP contribution in [0.1, 0.15) is 49.3 Å². The zero-order valence-corrected chi connectivity index (χ0v) is 19.5. The monoisotopic (exact) mass is 466 g/mol. The first-order valence-corrected chi connectivity index (χ1v) is 12.0. The van der Waals surface area contributed by atoms with E-state index in [0.29, 0.717) is 13.0 Å². The van der Waals surface area contributed by atoms with Gasteiger partial charge in [-0.05, 0) is 80.9 Å². The number of hydrogen-bond acceptors (Lipinski definition) is 5. The molecule has 1 aromatic heterocycles. The van der Waals surface area contributed by atoms with Gasteiger partial charge in [0.15, 0.2) is 0 Å². The van der Waals surface area contributed by atoms with E-state index < -0.39 is 18.2 Å². The zero-order valence-electron chi connectivity index (χ0n) is 18.7. The number of ether oxygens (including phenoxy) is 2. The number of carbonyl (C=O) groups excluding carboxylic acids is 1. The molecule has 3 aromatic rings. The summed E-state index contributed by atoms with van der Waals surface area (Å²) in [7, 11) is 0. The predicted molar refractivity (Wildman–Crippen MR) is 129 cm³/mol. The summed E-state index contributed by atoms with van der Waals surface area (Å²) in [5.74, 6) is 0.227. The Morgan fingerprint density at radius 3 is 2.70 bits per heavy atom. The van der Waals surface area contributed by atoms with Gasteiger partial charge in [-0.15, -0.1) is 0 Å². The van der Waals surface area contributed by atoms with Crippen LogP contribution in [0.3, 0.4) is 0 Å². The lowest BCUT2D eigenvalue weighted by molar-refractivity contribution is -0.156. The molecule has 0 unspecified atom stereocenters. The standard InChI is InChI=1S/C27H27FO4S/c1-17(2)25-13-23(31-15-18-9-10-33-16-18)14-26(19-3-5-20(28)6-4-19)24(25)8-7-22-11-21(29)12-27(30)32-22/h3-10,13-14,16-17,21-22,29H,11-12,15H2,1-2H3/b8-7+/t21-,22-/m0/s1. The van der Waals surface area contributed by atoms with Crippen molar-refractivity contribution in [3.05, 3.63) is 81.8 Å². The maximum absolute atomic E-state index is 13.6. The summed E-state index contributed by atoms with van der Waals surface area (Å²) in [5.41, 5.74) is 4.89. The fraction of sp³-hybridized carbons (Fsp3) is 0.296. The SMILES string of the molecule is CC(C)c1cc(OCc2ccsc2)cc(-c2ccc(F)cc2)c1/C=C/[C@H]1C[C@H](O)CC(=O)O1. The van der Waals surface area contributed by atoms with Crippen LogP contribution in [0.4, 0.5) is 4.39 Å². The molecular weight excluding hydrogens is 439 g/mol. The maximum Gasteiger partial charge on any atom is 0.309 e. The van der Waals surface area contributed by atoms with Crippen LogP contribution in [0.25, 0.3) is 17.2 Å². The Morgan fingerprint density at radius 2 is 2.03 bits per heavy atom. The maximum atomic E-state index is 13.6. The molecule has 0 radical (unpaired) electrons. The molecule has 172 valence electrons. The minimum atomic E-state index is -0.699. The van der Waals surface area contributed by atoms with Gasteiger partial charge >= 0.3 is 5.97 Å². The summed E-state index contributed by atoms with van der Waals surface area (Å²) < 4.78 is 25.1. The lowest BCUT2D eigenvalue weighted by Gasteiger charge is -2.24.